The van der Waals surface area contributed by atoms with Crippen molar-refractivity contribution in [2.24, 2.45) is 0 Å². The largest absolute Gasteiger partial charge is 0.454 e. The Labute approximate surface area is 137 Å². The Balaban J connectivity index is 3.99. The van der Waals surface area contributed by atoms with Crippen molar-refractivity contribution < 1.29 is 4.12 Å². The van der Waals surface area contributed by atoms with E-state index in [4.69, 9.17) is 4.12 Å². The lowest BCUT2D eigenvalue weighted by molar-refractivity contribution is 0.551. The van der Waals surface area contributed by atoms with Crippen molar-refractivity contribution in [1.82, 2.24) is 0 Å². The average molecular weight is 329 g/mol. The van der Waals surface area contributed by atoms with E-state index in [0.29, 0.717) is 0 Å². The van der Waals surface area contributed by atoms with Gasteiger partial charge >= 0.3 is 0 Å². The summed E-state index contributed by atoms with van der Waals surface area (Å²) in [6.07, 6.45) is 12.1. The maximum absolute atomic E-state index is 6.69. The number of hydrogen-bond acceptors (Lipinski definition) is 1. The minimum absolute atomic E-state index is 1.08. The smallest absolute Gasteiger partial charge is 0.187 e. The van der Waals surface area contributed by atoms with Gasteiger partial charge in [0, 0.05) is 0 Å². The van der Waals surface area contributed by atoms with Gasteiger partial charge in [-0.3, -0.25) is 0 Å². The first-order chi connectivity index (χ1) is 10.2. The van der Waals surface area contributed by atoms with Crippen LogP contribution in [0.15, 0.2) is 11.8 Å². The SMILES string of the molecule is CCCCCCCCC=C[SiH](CC)O[Si](CC)(CC)CC. The van der Waals surface area contributed by atoms with E-state index in [9.17, 15) is 0 Å². The zero-order valence-corrected chi connectivity index (χ0v) is 17.6. The van der Waals surface area contributed by atoms with Crippen LogP contribution in [-0.2, 0) is 4.12 Å². The summed E-state index contributed by atoms with van der Waals surface area (Å²) in [5, 5.41) is 0. The third kappa shape index (κ3) is 9.69. The summed E-state index contributed by atoms with van der Waals surface area (Å²) in [5.74, 6) is 0. The molecule has 0 aromatic carbocycles. The molecule has 0 rings (SSSR count). The molecule has 0 saturated carbocycles. The molecule has 0 N–H and O–H groups in total. The van der Waals surface area contributed by atoms with Crippen molar-refractivity contribution in [1.29, 1.82) is 0 Å². The first-order valence-corrected chi connectivity index (χ1v) is 14.0. The molecular formula is C18H40OSi2. The van der Waals surface area contributed by atoms with Crippen LogP contribution in [0.3, 0.4) is 0 Å². The lowest BCUT2D eigenvalue weighted by Crippen LogP contribution is -2.41. The minimum atomic E-state index is -1.38. The molecule has 0 fully saturated rings. The van der Waals surface area contributed by atoms with Crippen molar-refractivity contribution in [2.75, 3.05) is 0 Å². The number of rotatable bonds is 14. The van der Waals surface area contributed by atoms with Gasteiger partial charge in [-0.15, -0.1) is 0 Å². The van der Waals surface area contributed by atoms with E-state index < -0.39 is 17.4 Å². The molecule has 1 nitrogen and oxygen atoms in total. The number of unbranched alkanes of at least 4 members (excludes halogenated alkanes) is 6. The summed E-state index contributed by atoms with van der Waals surface area (Å²) in [5.41, 5.74) is 2.48. The Kier molecular flexibility index (Phi) is 13.9. The third-order valence-electron chi connectivity index (χ3n) is 4.81. The molecule has 0 amide bonds. The topological polar surface area (TPSA) is 9.23 Å². The Morgan fingerprint density at radius 2 is 1.38 bits per heavy atom. The van der Waals surface area contributed by atoms with Crippen LogP contribution in [-0.4, -0.2) is 17.4 Å². The van der Waals surface area contributed by atoms with Crippen LogP contribution in [0.2, 0.25) is 24.2 Å². The highest BCUT2D eigenvalue weighted by atomic mass is 28.4. The molecule has 0 saturated heterocycles. The predicted octanol–water partition coefficient (Wildman–Crippen LogP) is 6.60. The van der Waals surface area contributed by atoms with Gasteiger partial charge in [-0.2, -0.15) is 0 Å². The zero-order chi connectivity index (χ0) is 16.0. The van der Waals surface area contributed by atoms with Gasteiger partial charge in [0.2, 0.25) is 0 Å². The molecule has 0 aliphatic rings. The highest BCUT2D eigenvalue weighted by molar-refractivity contribution is 6.81. The second-order valence-electron chi connectivity index (χ2n) is 6.29. The molecule has 0 bridgehead atoms. The van der Waals surface area contributed by atoms with Crippen molar-refractivity contribution in [3.63, 3.8) is 0 Å². The molecule has 0 aromatic rings. The lowest BCUT2D eigenvalue weighted by Gasteiger charge is -2.31. The Bertz CT molecular complexity index is 241. The van der Waals surface area contributed by atoms with Crippen molar-refractivity contribution in [3.05, 3.63) is 11.8 Å². The lowest BCUT2D eigenvalue weighted by atomic mass is 10.1. The van der Waals surface area contributed by atoms with E-state index in [-0.39, 0.29) is 0 Å². The average Bonchev–Trinajstić information content (AvgIpc) is 2.53. The van der Waals surface area contributed by atoms with Crippen LogP contribution in [0.1, 0.15) is 79.6 Å². The fourth-order valence-corrected chi connectivity index (χ4v) is 10.7. The summed E-state index contributed by atoms with van der Waals surface area (Å²) in [7, 11) is -2.46. The second kappa shape index (κ2) is 13.8. The van der Waals surface area contributed by atoms with Crippen LogP contribution < -0.4 is 0 Å². The monoisotopic (exact) mass is 328 g/mol. The highest BCUT2D eigenvalue weighted by Gasteiger charge is 2.30. The molecule has 0 aliphatic carbocycles. The molecule has 0 spiro atoms. The summed E-state index contributed by atoms with van der Waals surface area (Å²) in [6, 6.07) is 5.11. The van der Waals surface area contributed by atoms with Gasteiger partial charge in [-0.25, -0.2) is 0 Å². The molecule has 21 heavy (non-hydrogen) atoms. The fourth-order valence-electron chi connectivity index (χ4n) is 2.87. The maximum atomic E-state index is 6.69. The van der Waals surface area contributed by atoms with E-state index in [1.54, 1.807) is 0 Å². The number of allylic oxidation sites excluding steroid dienone is 1. The maximum Gasteiger partial charge on any atom is 0.187 e. The third-order valence-corrected chi connectivity index (χ3v) is 13.4. The molecule has 126 valence electrons. The van der Waals surface area contributed by atoms with E-state index >= 15 is 0 Å². The van der Waals surface area contributed by atoms with Gasteiger partial charge in [0.1, 0.15) is 0 Å². The molecule has 0 aromatic heterocycles. The summed E-state index contributed by atoms with van der Waals surface area (Å²) in [6.45, 7) is 11.6. The summed E-state index contributed by atoms with van der Waals surface area (Å²) >= 11 is 0. The Morgan fingerprint density at radius 3 is 1.90 bits per heavy atom. The van der Waals surface area contributed by atoms with E-state index in [1.807, 2.05) is 0 Å². The van der Waals surface area contributed by atoms with Gasteiger partial charge in [0.25, 0.3) is 0 Å². The molecule has 0 aliphatic heterocycles. The molecule has 0 heterocycles. The Morgan fingerprint density at radius 1 is 0.810 bits per heavy atom. The van der Waals surface area contributed by atoms with Gasteiger partial charge in [-0.05, 0) is 37.0 Å². The van der Waals surface area contributed by atoms with Gasteiger partial charge < -0.3 is 4.12 Å². The first-order valence-electron chi connectivity index (χ1n) is 9.52. The molecule has 1 atom stereocenters. The second-order valence-corrected chi connectivity index (χ2v) is 14.0. The van der Waals surface area contributed by atoms with Gasteiger partial charge in [0.05, 0.1) is 0 Å². The van der Waals surface area contributed by atoms with Crippen molar-refractivity contribution >= 4 is 17.4 Å². The summed E-state index contributed by atoms with van der Waals surface area (Å²) < 4.78 is 6.69. The standard InChI is InChI=1S/C18H40OSi2/c1-6-11-12-13-14-15-16-17-18-20(7-2)19-21(8-3,9-4)10-5/h17-18,20H,6-16H2,1-5H3. The van der Waals surface area contributed by atoms with Crippen LogP contribution >= 0.6 is 0 Å². The Hall–Kier alpha value is 0.134. The highest BCUT2D eigenvalue weighted by Crippen LogP contribution is 2.23. The van der Waals surface area contributed by atoms with Crippen LogP contribution in [0.25, 0.3) is 0 Å². The molecular weight excluding hydrogens is 288 g/mol. The summed E-state index contributed by atoms with van der Waals surface area (Å²) in [4.78, 5) is 0. The van der Waals surface area contributed by atoms with E-state index in [2.05, 4.69) is 46.4 Å². The zero-order valence-electron chi connectivity index (χ0n) is 15.4. The minimum Gasteiger partial charge on any atom is -0.454 e. The van der Waals surface area contributed by atoms with Crippen LogP contribution in [0, 0.1) is 0 Å². The number of hydrogen-bond donors (Lipinski definition) is 0. The van der Waals surface area contributed by atoms with E-state index in [1.165, 1.54) is 69.1 Å². The van der Waals surface area contributed by atoms with Gasteiger partial charge in [0.15, 0.2) is 17.4 Å². The van der Waals surface area contributed by atoms with Crippen molar-refractivity contribution in [3.8, 4) is 0 Å². The fraction of sp³-hybridized carbons (Fsp3) is 0.889. The van der Waals surface area contributed by atoms with E-state index in [0.717, 1.165) is 0 Å². The molecule has 1 unspecified atom stereocenters. The molecule has 0 radical (unpaired) electrons. The quantitative estimate of drug-likeness (QED) is 0.258. The van der Waals surface area contributed by atoms with Crippen molar-refractivity contribution in [2.45, 2.75) is 104 Å². The predicted molar refractivity (Wildman–Crippen MR) is 103 cm³/mol. The van der Waals surface area contributed by atoms with Gasteiger partial charge in [-0.1, -0.05) is 78.5 Å². The van der Waals surface area contributed by atoms with Crippen LogP contribution in [0.5, 0.6) is 0 Å². The van der Waals surface area contributed by atoms with Crippen LogP contribution in [0.4, 0.5) is 0 Å². The first kappa shape index (κ1) is 21.1. The normalized spacial score (nSPS) is 14.0. The molecule has 3 heteroatoms.